The van der Waals surface area contributed by atoms with E-state index in [1.807, 2.05) is 31.4 Å². The van der Waals surface area contributed by atoms with Gasteiger partial charge in [-0.1, -0.05) is 56.2 Å². The first kappa shape index (κ1) is 11.1. The van der Waals surface area contributed by atoms with Gasteiger partial charge in [0, 0.05) is 10.00 Å². The first-order chi connectivity index (χ1) is 4.42. The molecule has 3 heteroatoms. The number of rotatable bonds is 3. The van der Waals surface area contributed by atoms with E-state index >= 15 is 0 Å². The van der Waals surface area contributed by atoms with Crippen LogP contribution in [0.5, 0.6) is 0 Å². The Bertz CT molecular complexity index is 83.3. The molecule has 0 heterocycles. The van der Waals surface area contributed by atoms with E-state index < -0.39 is 0 Å². The van der Waals surface area contributed by atoms with Crippen molar-refractivity contribution < 1.29 is 0 Å². The van der Waals surface area contributed by atoms with Crippen molar-refractivity contribution in [1.82, 2.24) is 0 Å². The lowest BCUT2D eigenvalue weighted by atomic mass is 10.3. The predicted molar refractivity (Wildman–Crippen MR) is 57.7 cm³/mol. The summed E-state index contributed by atoms with van der Waals surface area (Å²) in [5.41, 5.74) is 0. The van der Waals surface area contributed by atoms with E-state index in [9.17, 15) is 0 Å². The lowest BCUT2D eigenvalue weighted by Gasteiger charge is -2.16. The van der Waals surface area contributed by atoms with E-state index in [0.29, 0.717) is 4.75 Å². The molecule has 0 aliphatic rings. The van der Waals surface area contributed by atoms with Gasteiger partial charge in [0.2, 0.25) is 0 Å². The first-order valence-corrected chi connectivity index (χ1v) is 6.97. The Morgan fingerprint density at radius 1 is 1.10 bits per heavy atom. The molecule has 0 fully saturated rings. The van der Waals surface area contributed by atoms with Crippen LogP contribution in [0.2, 0.25) is 0 Å². The van der Waals surface area contributed by atoms with Gasteiger partial charge in [-0.3, -0.25) is 0 Å². The summed E-state index contributed by atoms with van der Waals surface area (Å²) in [4.78, 5) is 0. The average Bonchev–Trinajstić information content (AvgIpc) is 1.59. The van der Waals surface area contributed by atoms with Crippen LogP contribution in [-0.4, -0.2) is 10.00 Å². The van der Waals surface area contributed by atoms with Crippen LogP contribution >= 0.6 is 31.4 Å². The standard InChI is InChI=1S/C7H16S3/c1-6(2)8-10-9-7(3,4)5/h6H,1-5H3. The van der Waals surface area contributed by atoms with Crippen LogP contribution in [-0.2, 0) is 0 Å². The molecule has 0 bridgehead atoms. The Labute approximate surface area is 76.1 Å². The van der Waals surface area contributed by atoms with E-state index in [0.717, 1.165) is 5.25 Å². The minimum Gasteiger partial charge on any atom is -0.0797 e. The zero-order chi connectivity index (χ0) is 8.20. The third kappa shape index (κ3) is 9.05. The fourth-order valence-corrected chi connectivity index (χ4v) is 5.41. The summed E-state index contributed by atoms with van der Waals surface area (Å²) in [5.74, 6) is 0. The predicted octanol–water partition coefficient (Wildman–Crippen LogP) is 4.22. The van der Waals surface area contributed by atoms with Crippen LogP contribution < -0.4 is 0 Å². The zero-order valence-electron chi connectivity index (χ0n) is 7.30. The van der Waals surface area contributed by atoms with Gasteiger partial charge in [0.05, 0.1) is 0 Å². The fourth-order valence-electron chi connectivity index (χ4n) is 0.200. The fraction of sp³-hybridized carbons (Fsp3) is 1.00. The third-order valence-electron chi connectivity index (χ3n) is 0.516. The minimum absolute atomic E-state index is 0.395. The molecule has 0 atom stereocenters. The molecule has 0 rings (SSSR count). The molecular formula is C7H16S3. The smallest absolute Gasteiger partial charge is 0.0187 e. The molecule has 0 aromatic heterocycles. The molecule has 0 aliphatic heterocycles. The SMILES string of the molecule is CC(C)SSSC(C)(C)C. The molecule has 0 saturated heterocycles. The highest BCUT2D eigenvalue weighted by molar-refractivity contribution is 9.09. The van der Waals surface area contributed by atoms with Gasteiger partial charge in [0.25, 0.3) is 0 Å². The van der Waals surface area contributed by atoms with Gasteiger partial charge >= 0.3 is 0 Å². The first-order valence-electron chi connectivity index (χ1n) is 3.43. The van der Waals surface area contributed by atoms with Gasteiger partial charge in [0.1, 0.15) is 0 Å². The van der Waals surface area contributed by atoms with Crippen LogP contribution in [0.4, 0.5) is 0 Å². The maximum absolute atomic E-state index is 2.24. The van der Waals surface area contributed by atoms with E-state index in [2.05, 4.69) is 34.6 Å². The zero-order valence-corrected chi connectivity index (χ0v) is 9.75. The van der Waals surface area contributed by atoms with Crippen molar-refractivity contribution in [3.63, 3.8) is 0 Å². The van der Waals surface area contributed by atoms with Crippen molar-refractivity contribution in [2.24, 2.45) is 0 Å². The molecule has 0 N–H and O–H groups in total. The summed E-state index contributed by atoms with van der Waals surface area (Å²) < 4.78 is 0.395. The minimum atomic E-state index is 0.395. The Morgan fingerprint density at radius 2 is 1.60 bits per heavy atom. The lowest BCUT2D eigenvalue weighted by Crippen LogP contribution is -2.03. The summed E-state index contributed by atoms with van der Waals surface area (Å²) in [6.07, 6.45) is 0. The summed E-state index contributed by atoms with van der Waals surface area (Å²) in [5, 5.41) is 0.736. The molecule has 0 aromatic carbocycles. The van der Waals surface area contributed by atoms with E-state index in [4.69, 9.17) is 0 Å². The van der Waals surface area contributed by atoms with Gasteiger partial charge < -0.3 is 0 Å². The summed E-state index contributed by atoms with van der Waals surface area (Å²) in [7, 11) is 5.78. The van der Waals surface area contributed by atoms with Gasteiger partial charge in [-0.05, 0) is 9.83 Å². The van der Waals surface area contributed by atoms with Gasteiger partial charge in [-0.2, -0.15) is 0 Å². The Balaban J connectivity index is 3.21. The second-order valence-corrected chi connectivity index (χ2v) is 8.78. The normalized spacial score (nSPS) is 12.6. The second-order valence-electron chi connectivity index (χ2n) is 3.41. The van der Waals surface area contributed by atoms with Crippen molar-refractivity contribution in [3.05, 3.63) is 0 Å². The molecular weight excluding hydrogens is 180 g/mol. The quantitative estimate of drug-likeness (QED) is 0.620. The van der Waals surface area contributed by atoms with Gasteiger partial charge in [-0.15, -0.1) is 0 Å². The average molecular weight is 196 g/mol. The summed E-state index contributed by atoms with van der Waals surface area (Å²) in [6, 6.07) is 0. The van der Waals surface area contributed by atoms with E-state index in [-0.39, 0.29) is 0 Å². The van der Waals surface area contributed by atoms with Crippen molar-refractivity contribution >= 4 is 31.4 Å². The molecule has 10 heavy (non-hydrogen) atoms. The maximum atomic E-state index is 2.24. The van der Waals surface area contributed by atoms with Gasteiger partial charge in [-0.25, -0.2) is 0 Å². The topological polar surface area (TPSA) is 0 Å². The third-order valence-corrected chi connectivity index (χ3v) is 5.96. The van der Waals surface area contributed by atoms with Crippen LogP contribution in [0.25, 0.3) is 0 Å². The van der Waals surface area contributed by atoms with E-state index in [1.165, 1.54) is 0 Å². The Kier molecular flexibility index (Phi) is 5.34. The molecule has 62 valence electrons. The van der Waals surface area contributed by atoms with E-state index in [1.54, 1.807) is 0 Å². The highest BCUT2D eigenvalue weighted by Crippen LogP contribution is 2.44. The molecule has 0 saturated carbocycles. The molecule has 0 radical (unpaired) electrons. The highest BCUT2D eigenvalue weighted by atomic mass is 33.5. The van der Waals surface area contributed by atoms with Crippen LogP contribution in [0.15, 0.2) is 0 Å². The Morgan fingerprint density at radius 3 is 1.90 bits per heavy atom. The molecule has 0 aromatic rings. The second kappa shape index (κ2) is 4.83. The number of hydrogen-bond donors (Lipinski definition) is 0. The Hall–Kier alpha value is 1.05. The summed E-state index contributed by atoms with van der Waals surface area (Å²) >= 11 is 0. The van der Waals surface area contributed by atoms with Gasteiger partial charge in [0.15, 0.2) is 0 Å². The molecule has 0 amide bonds. The van der Waals surface area contributed by atoms with Crippen LogP contribution in [0.1, 0.15) is 34.6 Å². The van der Waals surface area contributed by atoms with Crippen LogP contribution in [0, 0.1) is 0 Å². The molecule has 0 spiro atoms. The number of hydrogen-bond acceptors (Lipinski definition) is 3. The van der Waals surface area contributed by atoms with Crippen LogP contribution in [0.3, 0.4) is 0 Å². The molecule has 0 aliphatic carbocycles. The highest BCUT2D eigenvalue weighted by Gasteiger charge is 2.11. The van der Waals surface area contributed by atoms with Crippen molar-refractivity contribution in [2.75, 3.05) is 0 Å². The van der Waals surface area contributed by atoms with Crippen molar-refractivity contribution in [1.29, 1.82) is 0 Å². The van der Waals surface area contributed by atoms with Crippen molar-refractivity contribution in [2.45, 2.75) is 44.6 Å². The summed E-state index contributed by atoms with van der Waals surface area (Å²) in [6.45, 7) is 11.2. The largest absolute Gasteiger partial charge is 0.0797 e. The monoisotopic (exact) mass is 196 g/mol. The molecule has 0 nitrogen and oxygen atoms in total. The molecule has 0 unspecified atom stereocenters. The van der Waals surface area contributed by atoms with Crippen molar-refractivity contribution in [3.8, 4) is 0 Å². The lowest BCUT2D eigenvalue weighted by molar-refractivity contribution is 0.810. The maximum Gasteiger partial charge on any atom is 0.0187 e.